The van der Waals surface area contributed by atoms with Gasteiger partial charge in [0.05, 0.1) is 23.1 Å². The minimum atomic E-state index is -2.58. The zero-order valence-electron chi connectivity index (χ0n) is 19.0. The van der Waals surface area contributed by atoms with E-state index in [1.165, 1.54) is 7.11 Å². The molecule has 34 heavy (non-hydrogen) atoms. The molecule has 1 unspecified atom stereocenters. The molecule has 0 radical (unpaired) electrons. The summed E-state index contributed by atoms with van der Waals surface area (Å²) in [7, 11) is 1.53. The zero-order valence-corrected chi connectivity index (χ0v) is 20.5. The van der Waals surface area contributed by atoms with Crippen LogP contribution in [0.25, 0.3) is 0 Å². The van der Waals surface area contributed by atoms with Crippen molar-refractivity contribution >= 4 is 34.8 Å². The lowest BCUT2D eigenvalue weighted by molar-refractivity contribution is -0.117. The third-order valence-electron chi connectivity index (χ3n) is 5.75. The van der Waals surface area contributed by atoms with Crippen LogP contribution in [0.2, 0.25) is 10.0 Å². The van der Waals surface area contributed by atoms with Crippen LogP contribution < -0.4 is 14.8 Å². The summed E-state index contributed by atoms with van der Waals surface area (Å²) < 4.78 is 37.9. The summed E-state index contributed by atoms with van der Waals surface area (Å²) in [4.78, 5) is 15.0. The maximum Gasteiger partial charge on any atom is 0.250 e. The van der Waals surface area contributed by atoms with Crippen molar-refractivity contribution in [3.8, 4) is 11.5 Å². The summed E-state index contributed by atoms with van der Waals surface area (Å²) in [6.45, 7) is 5.25. The molecule has 1 heterocycles. The first-order chi connectivity index (χ1) is 16.2. The number of halogens is 4. The number of piperidine rings is 1. The van der Waals surface area contributed by atoms with Crippen LogP contribution in [0.3, 0.4) is 0 Å². The van der Waals surface area contributed by atoms with Crippen molar-refractivity contribution in [2.75, 3.05) is 38.7 Å². The predicted octanol–water partition coefficient (Wildman–Crippen LogP) is 6.41. The number of rotatable bonds is 10. The molecule has 2 aromatic carbocycles. The zero-order chi connectivity index (χ0) is 24.7. The van der Waals surface area contributed by atoms with E-state index < -0.39 is 11.8 Å². The van der Waals surface area contributed by atoms with Crippen LogP contribution in [-0.2, 0) is 4.79 Å². The Morgan fingerprint density at radius 3 is 2.56 bits per heavy atom. The molecule has 0 aromatic heterocycles. The number of carbonyl (C=O) groups excluding carboxylic acids is 1. The molecule has 2 aromatic rings. The molecule has 0 aliphatic carbocycles. The minimum absolute atomic E-state index is 0.136. The van der Waals surface area contributed by atoms with E-state index in [-0.39, 0.29) is 18.7 Å². The van der Waals surface area contributed by atoms with Crippen molar-refractivity contribution < 1.29 is 23.0 Å². The van der Waals surface area contributed by atoms with E-state index >= 15 is 0 Å². The average molecular weight is 513 g/mol. The Labute approximate surface area is 208 Å². The lowest BCUT2D eigenvalue weighted by atomic mass is 9.94. The number of carbonyl (C=O) groups is 1. The Balaban J connectivity index is 1.65. The van der Waals surface area contributed by atoms with Crippen LogP contribution in [0.1, 0.15) is 30.7 Å². The molecule has 5 nitrogen and oxygen atoms in total. The molecular formula is C25H28Cl2F2N2O3. The van der Waals surface area contributed by atoms with Gasteiger partial charge in [-0.15, -0.1) is 6.58 Å². The van der Waals surface area contributed by atoms with Crippen molar-refractivity contribution in [1.29, 1.82) is 0 Å². The summed E-state index contributed by atoms with van der Waals surface area (Å²) in [5.41, 5.74) is 1.26. The number of ether oxygens (including phenoxy) is 2. The fraction of sp³-hybridized carbons (Fsp3) is 0.400. The average Bonchev–Trinajstić information content (AvgIpc) is 2.80. The lowest BCUT2D eigenvalue weighted by Gasteiger charge is -2.31. The highest BCUT2D eigenvalue weighted by Crippen LogP contribution is 2.33. The highest BCUT2D eigenvalue weighted by atomic mass is 35.5. The van der Waals surface area contributed by atoms with E-state index in [0.717, 1.165) is 5.56 Å². The molecule has 1 N–H and O–H groups in total. The fourth-order valence-electron chi connectivity index (χ4n) is 3.78. The SMILES string of the molecule is C=CCC(C(=O)Nc1ccc(OC)c(OCCN2CCC(F)(F)CC2)c1)c1ccc(Cl)c(Cl)c1. The van der Waals surface area contributed by atoms with E-state index in [9.17, 15) is 13.6 Å². The topological polar surface area (TPSA) is 50.8 Å². The molecule has 1 aliphatic heterocycles. The maximum absolute atomic E-state index is 13.3. The molecule has 9 heteroatoms. The standard InChI is InChI=1S/C25H28Cl2F2N2O3/c1-3-4-19(17-5-7-20(26)21(27)15-17)24(32)30-18-6-8-22(33-2)23(16-18)34-14-13-31-11-9-25(28,29)10-12-31/h3,5-8,15-16,19H,1,4,9-14H2,2H3,(H,30,32). The Bertz CT molecular complexity index is 1010. The highest BCUT2D eigenvalue weighted by Gasteiger charge is 2.33. The highest BCUT2D eigenvalue weighted by molar-refractivity contribution is 6.42. The number of nitrogens with zero attached hydrogens (tertiary/aromatic N) is 1. The summed E-state index contributed by atoms with van der Waals surface area (Å²) in [5.74, 6) is -2.35. The molecule has 0 saturated carbocycles. The van der Waals surface area contributed by atoms with Gasteiger partial charge in [-0.1, -0.05) is 35.3 Å². The molecule has 0 bridgehead atoms. The molecule has 184 valence electrons. The van der Waals surface area contributed by atoms with Gasteiger partial charge in [0.1, 0.15) is 6.61 Å². The quantitative estimate of drug-likeness (QED) is 0.373. The first kappa shape index (κ1) is 26.3. The van der Waals surface area contributed by atoms with Crippen LogP contribution in [0.5, 0.6) is 11.5 Å². The second-order valence-corrected chi connectivity index (χ2v) is 8.97. The third-order valence-corrected chi connectivity index (χ3v) is 6.49. The van der Waals surface area contributed by atoms with Gasteiger partial charge in [0.2, 0.25) is 5.91 Å². The van der Waals surface area contributed by atoms with Crippen LogP contribution in [0, 0.1) is 0 Å². The number of alkyl halides is 2. The van der Waals surface area contributed by atoms with Crippen molar-refractivity contribution in [3.63, 3.8) is 0 Å². The van der Waals surface area contributed by atoms with Gasteiger partial charge >= 0.3 is 0 Å². The van der Waals surface area contributed by atoms with E-state index in [0.29, 0.717) is 59.9 Å². The van der Waals surface area contributed by atoms with Gasteiger partial charge < -0.3 is 14.8 Å². The molecule has 1 fully saturated rings. The van der Waals surface area contributed by atoms with Gasteiger partial charge in [0, 0.05) is 44.2 Å². The van der Waals surface area contributed by atoms with Gasteiger partial charge in [-0.2, -0.15) is 0 Å². The Kier molecular flexibility index (Phi) is 9.17. The largest absolute Gasteiger partial charge is 0.493 e. The summed E-state index contributed by atoms with van der Waals surface area (Å²) in [5, 5.41) is 3.70. The number of hydrogen-bond acceptors (Lipinski definition) is 4. The monoisotopic (exact) mass is 512 g/mol. The maximum atomic E-state index is 13.3. The number of likely N-dealkylation sites (tertiary alicyclic amines) is 1. The lowest BCUT2D eigenvalue weighted by Crippen LogP contribution is -2.41. The number of methoxy groups -OCH3 is 1. The number of nitrogens with one attached hydrogen (secondary N) is 1. The second kappa shape index (κ2) is 11.9. The summed E-state index contributed by atoms with van der Waals surface area (Å²) in [6, 6.07) is 10.2. The van der Waals surface area contributed by atoms with Crippen LogP contribution in [0.15, 0.2) is 49.1 Å². The Morgan fingerprint density at radius 2 is 1.91 bits per heavy atom. The van der Waals surface area contributed by atoms with E-state index in [1.807, 2.05) is 4.90 Å². The smallest absolute Gasteiger partial charge is 0.250 e. The van der Waals surface area contributed by atoms with Crippen LogP contribution in [-0.4, -0.2) is 50.1 Å². The third kappa shape index (κ3) is 7.08. The number of benzene rings is 2. The van der Waals surface area contributed by atoms with Gasteiger partial charge in [-0.25, -0.2) is 8.78 Å². The van der Waals surface area contributed by atoms with Gasteiger partial charge in [0.15, 0.2) is 11.5 Å². The molecule has 1 amide bonds. The van der Waals surface area contributed by atoms with E-state index in [4.69, 9.17) is 32.7 Å². The summed E-state index contributed by atoms with van der Waals surface area (Å²) in [6.07, 6.45) is 1.81. The first-order valence-corrected chi connectivity index (χ1v) is 11.8. The number of hydrogen-bond donors (Lipinski definition) is 1. The van der Waals surface area contributed by atoms with Crippen molar-refractivity contribution in [2.24, 2.45) is 0 Å². The Hall–Kier alpha value is -2.35. The normalized spacial score (nSPS) is 16.5. The van der Waals surface area contributed by atoms with Crippen LogP contribution in [0.4, 0.5) is 14.5 Å². The van der Waals surface area contributed by atoms with Crippen molar-refractivity contribution in [2.45, 2.75) is 31.1 Å². The number of amides is 1. The minimum Gasteiger partial charge on any atom is -0.493 e. The Morgan fingerprint density at radius 1 is 1.18 bits per heavy atom. The van der Waals surface area contributed by atoms with Gasteiger partial charge in [0.25, 0.3) is 5.92 Å². The van der Waals surface area contributed by atoms with Gasteiger partial charge in [-0.3, -0.25) is 9.69 Å². The fourth-order valence-corrected chi connectivity index (χ4v) is 4.08. The van der Waals surface area contributed by atoms with E-state index in [1.54, 1.807) is 42.5 Å². The first-order valence-electron chi connectivity index (χ1n) is 11.0. The molecule has 3 rings (SSSR count). The number of allylic oxidation sites excluding steroid dienone is 1. The predicted molar refractivity (Wildman–Crippen MR) is 132 cm³/mol. The molecule has 1 atom stereocenters. The molecular weight excluding hydrogens is 485 g/mol. The number of anilines is 1. The van der Waals surface area contributed by atoms with Crippen molar-refractivity contribution in [3.05, 3.63) is 64.7 Å². The summed E-state index contributed by atoms with van der Waals surface area (Å²) >= 11 is 12.1. The van der Waals surface area contributed by atoms with Gasteiger partial charge in [-0.05, 0) is 36.2 Å². The molecule has 1 aliphatic rings. The van der Waals surface area contributed by atoms with Crippen LogP contribution >= 0.6 is 23.2 Å². The molecule has 1 saturated heterocycles. The van der Waals surface area contributed by atoms with Crippen molar-refractivity contribution in [1.82, 2.24) is 4.90 Å². The second-order valence-electron chi connectivity index (χ2n) is 8.15. The molecule has 0 spiro atoms. The van der Waals surface area contributed by atoms with E-state index in [2.05, 4.69) is 11.9 Å².